The normalized spacial score (nSPS) is 14.5. The van der Waals surface area contributed by atoms with E-state index in [1.165, 1.54) is 17.2 Å². The fraction of sp³-hybridized carbons (Fsp3) is 0.222. The third-order valence-electron chi connectivity index (χ3n) is 2.19. The number of anilines is 1. The fourth-order valence-electron chi connectivity index (χ4n) is 1.56. The Balaban J connectivity index is 2.34. The maximum Gasteiger partial charge on any atom is 0.215 e. The maximum absolute atomic E-state index is 10.7. The zero-order valence-electron chi connectivity index (χ0n) is 7.79. The van der Waals surface area contributed by atoms with E-state index in [9.17, 15) is 14.7 Å². The minimum Gasteiger partial charge on any atom is -0.545 e. The molecule has 0 aliphatic carbocycles. The van der Waals surface area contributed by atoms with Crippen LogP contribution in [0.15, 0.2) is 12.3 Å². The molecule has 0 aromatic carbocycles. The van der Waals surface area contributed by atoms with Crippen molar-refractivity contribution in [3.8, 4) is 0 Å². The number of carbonyl (C=O) groups is 2. The molecule has 0 unspecified atom stereocenters. The first-order valence-electron chi connectivity index (χ1n) is 4.39. The van der Waals surface area contributed by atoms with Crippen LogP contribution in [0, 0.1) is 0 Å². The van der Waals surface area contributed by atoms with Crippen molar-refractivity contribution in [2.45, 2.75) is 6.54 Å². The van der Waals surface area contributed by atoms with Crippen molar-refractivity contribution in [2.75, 3.05) is 11.4 Å². The van der Waals surface area contributed by atoms with Gasteiger partial charge in [-0.1, -0.05) is 0 Å². The summed E-state index contributed by atoms with van der Waals surface area (Å²) in [5.74, 6) is -0.645. The number of amides is 1. The molecule has 1 aliphatic rings. The van der Waals surface area contributed by atoms with E-state index in [2.05, 4.69) is 5.10 Å². The Morgan fingerprint density at radius 3 is 3.00 bits per heavy atom. The van der Waals surface area contributed by atoms with E-state index in [0.717, 1.165) is 6.08 Å². The first kappa shape index (κ1) is 9.45. The van der Waals surface area contributed by atoms with Gasteiger partial charge in [-0.25, -0.2) is 4.68 Å². The van der Waals surface area contributed by atoms with Gasteiger partial charge >= 0.3 is 0 Å². The van der Waals surface area contributed by atoms with Crippen LogP contribution >= 0.6 is 0 Å². The molecule has 0 radical (unpaired) electrons. The minimum atomic E-state index is -1.27. The minimum absolute atomic E-state index is 0.568. The van der Waals surface area contributed by atoms with Crippen molar-refractivity contribution >= 4 is 24.3 Å². The highest BCUT2D eigenvalue weighted by Crippen LogP contribution is 2.25. The predicted octanol–water partition coefficient (Wildman–Crippen LogP) is -1.38. The van der Waals surface area contributed by atoms with Gasteiger partial charge in [0.15, 0.2) is 0 Å². The molecule has 6 nitrogen and oxygen atoms in total. The Labute approximate surface area is 85.4 Å². The van der Waals surface area contributed by atoms with Crippen LogP contribution in [0.25, 0.3) is 6.08 Å². The number of hydrogen-bond acceptors (Lipinski definition) is 4. The van der Waals surface area contributed by atoms with Crippen molar-refractivity contribution in [2.24, 2.45) is 0 Å². The molecule has 1 aromatic heterocycles. The number of hydrogen-bond donors (Lipinski definition) is 0. The molecule has 0 fully saturated rings. The van der Waals surface area contributed by atoms with Crippen LogP contribution in [0.1, 0.15) is 5.56 Å². The summed E-state index contributed by atoms with van der Waals surface area (Å²) in [5, 5.41) is 14.3. The zero-order valence-corrected chi connectivity index (χ0v) is 7.79. The van der Waals surface area contributed by atoms with Crippen molar-refractivity contribution in [3.63, 3.8) is 0 Å². The van der Waals surface area contributed by atoms with Crippen LogP contribution in [0.2, 0.25) is 0 Å². The molecule has 0 saturated heterocycles. The lowest BCUT2D eigenvalue weighted by molar-refractivity contribution is -0.297. The zero-order chi connectivity index (χ0) is 10.8. The SMILES string of the molecule is O=CN1CCn2ncc(/C=C/C(=O)[O-])c21. The molecule has 2 heterocycles. The van der Waals surface area contributed by atoms with Crippen LogP contribution in [0.5, 0.6) is 0 Å². The average molecular weight is 206 g/mol. The number of carboxylic acids is 1. The number of rotatable bonds is 3. The summed E-state index contributed by atoms with van der Waals surface area (Å²) in [6.07, 6.45) is 4.51. The largest absolute Gasteiger partial charge is 0.545 e. The summed E-state index contributed by atoms with van der Waals surface area (Å²) in [7, 11) is 0. The lowest BCUT2D eigenvalue weighted by atomic mass is 10.3. The Bertz CT molecular complexity index is 436. The van der Waals surface area contributed by atoms with E-state index < -0.39 is 5.97 Å². The van der Waals surface area contributed by atoms with Gasteiger partial charge in [0.25, 0.3) is 0 Å². The molecule has 0 bridgehead atoms. The lowest BCUT2D eigenvalue weighted by Gasteiger charge is -2.07. The Morgan fingerprint density at radius 1 is 1.53 bits per heavy atom. The van der Waals surface area contributed by atoms with E-state index in [4.69, 9.17) is 0 Å². The second-order valence-electron chi connectivity index (χ2n) is 3.10. The second kappa shape index (κ2) is 3.56. The molecule has 0 saturated carbocycles. The summed E-state index contributed by atoms with van der Waals surface area (Å²) >= 11 is 0. The summed E-state index contributed by atoms with van der Waals surface area (Å²) in [5.41, 5.74) is 0.601. The van der Waals surface area contributed by atoms with E-state index in [1.807, 2.05) is 0 Å². The van der Waals surface area contributed by atoms with Crippen LogP contribution in [-0.4, -0.2) is 28.7 Å². The first-order valence-corrected chi connectivity index (χ1v) is 4.39. The van der Waals surface area contributed by atoms with Crippen LogP contribution in [0.3, 0.4) is 0 Å². The van der Waals surface area contributed by atoms with E-state index in [0.29, 0.717) is 30.9 Å². The highest BCUT2D eigenvalue weighted by Gasteiger charge is 2.21. The summed E-state index contributed by atoms with van der Waals surface area (Å²) in [6.45, 7) is 1.20. The molecular formula is C9H8N3O3-. The van der Waals surface area contributed by atoms with Crippen molar-refractivity contribution in [3.05, 3.63) is 17.8 Å². The van der Waals surface area contributed by atoms with Gasteiger partial charge in [0, 0.05) is 12.1 Å². The van der Waals surface area contributed by atoms with Crippen molar-refractivity contribution in [1.29, 1.82) is 0 Å². The first-order chi connectivity index (χ1) is 7.22. The van der Waals surface area contributed by atoms with Gasteiger partial charge in [-0.05, 0) is 12.2 Å². The van der Waals surface area contributed by atoms with Crippen molar-refractivity contribution < 1.29 is 14.7 Å². The Kier molecular flexibility index (Phi) is 2.24. The van der Waals surface area contributed by atoms with Gasteiger partial charge in [-0.3, -0.25) is 9.69 Å². The number of nitrogens with zero attached hydrogens (tertiary/aromatic N) is 3. The van der Waals surface area contributed by atoms with E-state index >= 15 is 0 Å². The predicted molar refractivity (Wildman–Crippen MR) is 49.7 cm³/mol. The van der Waals surface area contributed by atoms with Crippen LogP contribution in [0.4, 0.5) is 5.82 Å². The molecule has 0 N–H and O–H groups in total. The summed E-state index contributed by atoms with van der Waals surface area (Å²) in [4.78, 5) is 22.4. The van der Waals surface area contributed by atoms with Gasteiger partial charge in [-0.2, -0.15) is 5.10 Å². The number of carbonyl (C=O) groups excluding carboxylic acids is 2. The third kappa shape index (κ3) is 1.61. The molecule has 2 rings (SSSR count). The van der Waals surface area contributed by atoms with Crippen molar-refractivity contribution in [1.82, 2.24) is 9.78 Å². The molecular weight excluding hydrogens is 198 g/mol. The fourth-order valence-corrected chi connectivity index (χ4v) is 1.56. The summed E-state index contributed by atoms with van der Waals surface area (Å²) in [6, 6.07) is 0. The lowest BCUT2D eigenvalue weighted by Crippen LogP contribution is -2.19. The topological polar surface area (TPSA) is 78.3 Å². The van der Waals surface area contributed by atoms with Gasteiger partial charge < -0.3 is 9.90 Å². The average Bonchev–Trinajstić information content (AvgIpc) is 2.75. The monoisotopic (exact) mass is 206 g/mol. The van der Waals surface area contributed by atoms with Gasteiger partial charge in [0.05, 0.1) is 18.7 Å². The van der Waals surface area contributed by atoms with Gasteiger partial charge in [0.2, 0.25) is 6.41 Å². The molecule has 1 aliphatic heterocycles. The smallest absolute Gasteiger partial charge is 0.215 e. The Morgan fingerprint density at radius 2 is 2.33 bits per heavy atom. The highest BCUT2D eigenvalue weighted by molar-refractivity contribution is 5.87. The Hall–Kier alpha value is -2.11. The van der Waals surface area contributed by atoms with E-state index in [1.54, 1.807) is 4.68 Å². The molecule has 0 spiro atoms. The number of aromatic nitrogens is 2. The molecule has 6 heteroatoms. The van der Waals surface area contributed by atoms with Gasteiger partial charge in [0.1, 0.15) is 5.82 Å². The standard InChI is InChI=1S/C9H9N3O3/c13-6-11-3-4-12-9(11)7(5-10-12)1-2-8(14)15/h1-2,5-6H,3-4H2,(H,14,15)/p-1/b2-1+. The third-order valence-corrected chi connectivity index (χ3v) is 2.19. The highest BCUT2D eigenvalue weighted by atomic mass is 16.4. The van der Waals surface area contributed by atoms with Gasteiger partial charge in [-0.15, -0.1) is 0 Å². The molecule has 15 heavy (non-hydrogen) atoms. The van der Waals surface area contributed by atoms with E-state index in [-0.39, 0.29) is 0 Å². The summed E-state index contributed by atoms with van der Waals surface area (Å²) < 4.78 is 1.66. The molecule has 1 aromatic rings. The number of aliphatic carboxylic acids is 1. The molecule has 1 amide bonds. The molecule has 0 atom stereocenters. The number of fused-ring (bicyclic) bond motifs is 1. The maximum atomic E-state index is 10.7. The second-order valence-corrected chi connectivity index (χ2v) is 3.10. The van der Waals surface area contributed by atoms with Crippen LogP contribution in [-0.2, 0) is 16.1 Å². The molecule has 78 valence electrons. The van der Waals surface area contributed by atoms with Crippen LogP contribution < -0.4 is 10.0 Å². The quantitative estimate of drug-likeness (QED) is 0.451. The number of carboxylic acid groups (broad SMARTS) is 1.